The zero-order chi connectivity index (χ0) is 12.4. The van der Waals surface area contributed by atoms with E-state index >= 15 is 0 Å². The second kappa shape index (κ2) is 4.53. The number of hydrogen-bond acceptors (Lipinski definition) is 2. The first-order valence-corrected chi connectivity index (χ1v) is 5.76. The Morgan fingerprint density at radius 3 is 2.18 bits per heavy atom. The van der Waals surface area contributed by atoms with Crippen LogP contribution in [-0.2, 0) is 0 Å². The van der Waals surface area contributed by atoms with Gasteiger partial charge < -0.3 is 0 Å². The molecule has 1 aromatic rings. The number of rotatable bonds is 3. The van der Waals surface area contributed by atoms with Crippen LogP contribution >= 0.6 is 0 Å². The number of nitrogens with zero attached hydrogens (tertiary/aromatic N) is 1. The zero-order valence-electron chi connectivity index (χ0n) is 10.1. The van der Waals surface area contributed by atoms with Crippen LogP contribution in [0.2, 0.25) is 0 Å². The van der Waals surface area contributed by atoms with Crippen molar-refractivity contribution in [2.45, 2.75) is 20.3 Å². The molecule has 17 heavy (non-hydrogen) atoms. The van der Waals surface area contributed by atoms with Crippen LogP contribution in [0.4, 0.5) is 0 Å². The fourth-order valence-electron chi connectivity index (χ4n) is 1.80. The Kier molecular flexibility index (Phi) is 3.09. The van der Waals surface area contributed by atoms with Crippen LogP contribution in [0.5, 0.6) is 0 Å². The van der Waals surface area contributed by atoms with Gasteiger partial charge in [-0.25, -0.2) is 0 Å². The van der Waals surface area contributed by atoms with Gasteiger partial charge in [-0.1, -0.05) is 30.7 Å². The lowest BCUT2D eigenvalue weighted by Crippen LogP contribution is -2.29. The van der Waals surface area contributed by atoms with Gasteiger partial charge in [0.25, 0.3) is 11.8 Å². The van der Waals surface area contributed by atoms with Crippen LogP contribution in [0.15, 0.2) is 35.9 Å². The first kappa shape index (κ1) is 11.6. The molecular weight excluding hydrogens is 214 g/mol. The molecule has 0 unspecified atom stereocenters. The van der Waals surface area contributed by atoms with Crippen molar-refractivity contribution in [2.24, 2.45) is 0 Å². The summed E-state index contributed by atoms with van der Waals surface area (Å²) < 4.78 is 0. The van der Waals surface area contributed by atoms with Crippen LogP contribution in [-0.4, -0.2) is 23.3 Å². The van der Waals surface area contributed by atoms with Gasteiger partial charge in [-0.2, -0.15) is 0 Å². The summed E-state index contributed by atoms with van der Waals surface area (Å²) in [7, 11) is 0. The lowest BCUT2D eigenvalue weighted by molar-refractivity contribution is 0.0672. The van der Waals surface area contributed by atoms with Gasteiger partial charge in [-0.05, 0) is 25.5 Å². The van der Waals surface area contributed by atoms with E-state index in [2.05, 4.69) is 0 Å². The summed E-state index contributed by atoms with van der Waals surface area (Å²) >= 11 is 0. The lowest BCUT2D eigenvalue weighted by atomic mass is 10.1. The van der Waals surface area contributed by atoms with Crippen LogP contribution in [0.25, 0.3) is 0 Å². The summed E-state index contributed by atoms with van der Waals surface area (Å²) in [6.07, 6.45) is 2.87. The Bertz CT molecular complexity index is 468. The van der Waals surface area contributed by atoms with E-state index in [-0.39, 0.29) is 11.8 Å². The minimum Gasteiger partial charge on any atom is -0.270 e. The average Bonchev–Trinajstić information content (AvgIpc) is 2.60. The SMILES string of the molecule is CC/C(C)=C\CN1C(=O)c2ccccc2C1=O. The fourth-order valence-corrected chi connectivity index (χ4v) is 1.80. The summed E-state index contributed by atoms with van der Waals surface area (Å²) in [5.41, 5.74) is 2.21. The van der Waals surface area contributed by atoms with Crippen molar-refractivity contribution in [1.82, 2.24) is 4.90 Å². The fraction of sp³-hybridized carbons (Fsp3) is 0.286. The highest BCUT2D eigenvalue weighted by atomic mass is 16.2. The molecule has 0 spiro atoms. The smallest absolute Gasteiger partial charge is 0.261 e. The van der Waals surface area contributed by atoms with Crippen molar-refractivity contribution in [3.8, 4) is 0 Å². The number of amides is 2. The number of imide groups is 1. The van der Waals surface area contributed by atoms with Crippen LogP contribution in [0.3, 0.4) is 0 Å². The third kappa shape index (κ3) is 2.00. The molecule has 0 aromatic heterocycles. The molecule has 3 heteroatoms. The standard InChI is InChI=1S/C14H15NO2/c1-3-10(2)8-9-15-13(16)11-6-4-5-7-12(11)14(15)17/h4-8H,3,9H2,1-2H3/b10-8-. The van der Waals surface area contributed by atoms with Gasteiger partial charge in [0.05, 0.1) is 11.1 Å². The molecule has 0 saturated carbocycles. The highest BCUT2D eigenvalue weighted by Gasteiger charge is 2.34. The molecule has 1 heterocycles. The monoisotopic (exact) mass is 229 g/mol. The molecular formula is C14H15NO2. The molecule has 3 nitrogen and oxygen atoms in total. The van der Waals surface area contributed by atoms with Gasteiger partial charge in [0.2, 0.25) is 0 Å². The Morgan fingerprint density at radius 2 is 1.71 bits per heavy atom. The molecule has 1 aliphatic rings. The summed E-state index contributed by atoms with van der Waals surface area (Å²) in [6.45, 7) is 4.42. The largest absolute Gasteiger partial charge is 0.270 e. The van der Waals surface area contributed by atoms with Gasteiger partial charge >= 0.3 is 0 Å². The van der Waals surface area contributed by atoms with Crippen LogP contribution in [0.1, 0.15) is 41.0 Å². The zero-order valence-corrected chi connectivity index (χ0v) is 10.1. The van der Waals surface area contributed by atoms with E-state index in [0.717, 1.165) is 6.42 Å². The molecule has 0 bridgehead atoms. The predicted molar refractivity (Wildman–Crippen MR) is 65.9 cm³/mol. The summed E-state index contributed by atoms with van der Waals surface area (Å²) in [5.74, 6) is -0.378. The highest BCUT2D eigenvalue weighted by molar-refractivity contribution is 6.21. The molecule has 2 amide bonds. The molecule has 1 aliphatic heterocycles. The van der Waals surface area contributed by atoms with Gasteiger partial charge in [0.1, 0.15) is 0 Å². The number of benzene rings is 1. The summed E-state index contributed by atoms with van der Waals surface area (Å²) in [6, 6.07) is 6.96. The van der Waals surface area contributed by atoms with Crippen molar-refractivity contribution in [3.05, 3.63) is 47.0 Å². The van der Waals surface area contributed by atoms with Crippen molar-refractivity contribution < 1.29 is 9.59 Å². The van der Waals surface area contributed by atoms with Crippen LogP contribution < -0.4 is 0 Å². The van der Waals surface area contributed by atoms with E-state index in [4.69, 9.17) is 0 Å². The Labute approximate surface area is 101 Å². The minimum absolute atomic E-state index is 0.189. The number of hydrogen-bond donors (Lipinski definition) is 0. The van der Waals surface area contributed by atoms with Crippen molar-refractivity contribution >= 4 is 11.8 Å². The minimum atomic E-state index is -0.189. The Balaban J connectivity index is 2.25. The third-order valence-electron chi connectivity index (χ3n) is 3.06. The molecule has 0 saturated heterocycles. The topological polar surface area (TPSA) is 37.4 Å². The van der Waals surface area contributed by atoms with Gasteiger partial charge in [0, 0.05) is 6.54 Å². The average molecular weight is 229 g/mol. The van der Waals surface area contributed by atoms with Gasteiger partial charge in [-0.3, -0.25) is 14.5 Å². The first-order valence-electron chi connectivity index (χ1n) is 5.76. The number of carbonyl (C=O) groups is 2. The van der Waals surface area contributed by atoms with E-state index in [1.54, 1.807) is 24.3 Å². The second-order valence-electron chi connectivity index (χ2n) is 4.17. The van der Waals surface area contributed by atoms with Crippen LogP contribution in [0, 0.1) is 0 Å². The summed E-state index contributed by atoms with van der Waals surface area (Å²) in [5, 5.41) is 0. The van der Waals surface area contributed by atoms with Gasteiger partial charge in [0.15, 0.2) is 0 Å². The van der Waals surface area contributed by atoms with Gasteiger partial charge in [-0.15, -0.1) is 0 Å². The molecule has 0 atom stereocenters. The summed E-state index contributed by atoms with van der Waals surface area (Å²) in [4.78, 5) is 25.3. The third-order valence-corrected chi connectivity index (χ3v) is 3.06. The van der Waals surface area contributed by atoms with E-state index in [9.17, 15) is 9.59 Å². The maximum absolute atomic E-state index is 12.0. The molecule has 2 rings (SSSR count). The van der Waals surface area contributed by atoms with E-state index in [1.165, 1.54) is 10.5 Å². The predicted octanol–water partition coefficient (Wildman–Crippen LogP) is 2.64. The van der Waals surface area contributed by atoms with E-state index in [1.807, 2.05) is 19.9 Å². The van der Waals surface area contributed by atoms with Crippen molar-refractivity contribution in [1.29, 1.82) is 0 Å². The molecule has 0 N–H and O–H groups in total. The molecule has 88 valence electrons. The van der Waals surface area contributed by atoms with E-state index in [0.29, 0.717) is 17.7 Å². The second-order valence-corrected chi connectivity index (χ2v) is 4.17. The number of carbonyl (C=O) groups excluding carboxylic acids is 2. The van der Waals surface area contributed by atoms with Crippen molar-refractivity contribution in [2.75, 3.05) is 6.54 Å². The molecule has 0 aliphatic carbocycles. The molecule has 0 fully saturated rings. The molecule has 0 radical (unpaired) electrons. The quantitative estimate of drug-likeness (QED) is 0.590. The highest BCUT2D eigenvalue weighted by Crippen LogP contribution is 2.22. The lowest BCUT2D eigenvalue weighted by Gasteiger charge is -2.11. The Hall–Kier alpha value is -1.90. The molecule has 1 aromatic carbocycles. The normalized spacial score (nSPS) is 15.4. The van der Waals surface area contributed by atoms with Crippen molar-refractivity contribution in [3.63, 3.8) is 0 Å². The maximum atomic E-state index is 12.0. The number of fused-ring (bicyclic) bond motifs is 1. The Morgan fingerprint density at radius 1 is 1.18 bits per heavy atom. The number of allylic oxidation sites excluding steroid dienone is 1. The van der Waals surface area contributed by atoms with E-state index < -0.39 is 0 Å². The first-order chi connectivity index (χ1) is 8.15. The maximum Gasteiger partial charge on any atom is 0.261 e.